The third-order valence-corrected chi connectivity index (χ3v) is 2.62. The third kappa shape index (κ3) is 3.77. The van der Waals surface area contributed by atoms with Gasteiger partial charge in [0.2, 0.25) is 0 Å². The van der Waals surface area contributed by atoms with Crippen molar-refractivity contribution in [1.82, 2.24) is 0 Å². The third-order valence-electron chi connectivity index (χ3n) is 2.62. The highest BCUT2D eigenvalue weighted by atomic mass is 16.6. The first-order valence-corrected chi connectivity index (χ1v) is 5.79. The summed E-state index contributed by atoms with van der Waals surface area (Å²) in [5.41, 5.74) is 0. The van der Waals surface area contributed by atoms with Crippen LogP contribution < -0.4 is 0 Å². The number of hydrogen-bond acceptors (Lipinski definition) is 4. The summed E-state index contributed by atoms with van der Waals surface area (Å²) in [5.74, 6) is 0. The Hall–Kier alpha value is -0.580. The molecule has 1 heterocycles. The first kappa shape index (κ1) is 13.5. The van der Waals surface area contributed by atoms with Crippen LogP contribution in [0.2, 0.25) is 0 Å². The first-order chi connectivity index (χ1) is 7.83. The van der Waals surface area contributed by atoms with Crippen molar-refractivity contribution in [2.24, 2.45) is 0 Å². The zero-order chi connectivity index (χ0) is 11.8. The molecular weight excluding hydrogens is 208 g/mol. The monoisotopic (exact) mass is 230 g/mol. The van der Waals surface area contributed by atoms with E-state index in [9.17, 15) is 0 Å². The topological polar surface area (TPSA) is 36.9 Å². The van der Waals surface area contributed by atoms with Gasteiger partial charge >= 0.3 is 0 Å². The van der Waals surface area contributed by atoms with Crippen LogP contribution in [0.25, 0.3) is 0 Å². The second kappa shape index (κ2) is 7.65. The van der Waals surface area contributed by atoms with Gasteiger partial charge in [-0.3, -0.25) is 0 Å². The van der Waals surface area contributed by atoms with Gasteiger partial charge in [-0.15, -0.1) is 0 Å². The van der Waals surface area contributed by atoms with E-state index in [1.165, 1.54) is 0 Å². The van der Waals surface area contributed by atoms with Crippen LogP contribution in [-0.2, 0) is 18.9 Å². The Labute approximate surface area is 97.5 Å². The van der Waals surface area contributed by atoms with Gasteiger partial charge in [-0.2, -0.15) is 0 Å². The largest absolute Gasteiger partial charge is 0.493 e. The number of unbranched alkanes of at least 4 members (excludes halogenated alkanes) is 1. The molecule has 0 fully saturated rings. The second-order valence-electron chi connectivity index (χ2n) is 3.85. The summed E-state index contributed by atoms with van der Waals surface area (Å²) in [6.07, 6.45) is 5.50. The summed E-state index contributed by atoms with van der Waals surface area (Å²) >= 11 is 0. The van der Waals surface area contributed by atoms with Crippen molar-refractivity contribution in [3.05, 3.63) is 12.3 Å². The van der Waals surface area contributed by atoms with Crippen LogP contribution >= 0.6 is 0 Å². The van der Waals surface area contributed by atoms with Crippen LogP contribution in [-0.4, -0.2) is 45.7 Å². The second-order valence-corrected chi connectivity index (χ2v) is 3.85. The van der Waals surface area contributed by atoms with E-state index >= 15 is 0 Å². The van der Waals surface area contributed by atoms with E-state index in [1.54, 1.807) is 20.5 Å². The minimum atomic E-state index is -0.0863. The molecule has 4 heteroatoms. The van der Waals surface area contributed by atoms with E-state index in [0.717, 1.165) is 19.4 Å². The van der Waals surface area contributed by atoms with E-state index in [-0.39, 0.29) is 18.3 Å². The first-order valence-electron chi connectivity index (χ1n) is 5.79. The molecule has 1 aliphatic heterocycles. The van der Waals surface area contributed by atoms with E-state index in [0.29, 0.717) is 6.61 Å². The highest BCUT2D eigenvalue weighted by Crippen LogP contribution is 2.19. The van der Waals surface area contributed by atoms with E-state index in [1.807, 2.05) is 6.08 Å². The molecule has 0 aliphatic carbocycles. The van der Waals surface area contributed by atoms with Crippen molar-refractivity contribution in [3.63, 3.8) is 0 Å². The summed E-state index contributed by atoms with van der Waals surface area (Å²) in [7, 11) is 3.34. The molecule has 0 saturated carbocycles. The highest BCUT2D eigenvalue weighted by molar-refractivity contribution is 4.98. The van der Waals surface area contributed by atoms with Gasteiger partial charge in [0.1, 0.15) is 18.3 Å². The molecule has 0 saturated heterocycles. The van der Waals surface area contributed by atoms with Crippen molar-refractivity contribution >= 4 is 0 Å². The van der Waals surface area contributed by atoms with E-state index < -0.39 is 0 Å². The van der Waals surface area contributed by atoms with Crippen molar-refractivity contribution in [2.75, 3.05) is 27.4 Å². The maximum atomic E-state index is 5.81. The summed E-state index contributed by atoms with van der Waals surface area (Å²) in [6.45, 7) is 3.39. The number of methoxy groups -OCH3 is 2. The predicted molar refractivity (Wildman–Crippen MR) is 61.3 cm³/mol. The minimum absolute atomic E-state index is 0.0502. The molecular formula is C12H22O4. The van der Waals surface area contributed by atoms with Gasteiger partial charge in [-0.25, -0.2) is 0 Å². The zero-order valence-corrected chi connectivity index (χ0v) is 10.3. The van der Waals surface area contributed by atoms with Crippen molar-refractivity contribution in [1.29, 1.82) is 0 Å². The van der Waals surface area contributed by atoms with Crippen LogP contribution in [0.1, 0.15) is 19.8 Å². The number of ether oxygens (including phenoxy) is 4. The molecule has 16 heavy (non-hydrogen) atoms. The molecule has 1 rings (SSSR count). The van der Waals surface area contributed by atoms with Gasteiger partial charge in [0.05, 0.1) is 12.9 Å². The SMILES string of the molecule is CCCCOC1C(OC)C=COC1COC. The molecule has 3 atom stereocenters. The Morgan fingerprint density at radius 1 is 1.31 bits per heavy atom. The Morgan fingerprint density at radius 2 is 2.12 bits per heavy atom. The fourth-order valence-corrected chi connectivity index (χ4v) is 1.70. The molecule has 1 aliphatic rings. The Kier molecular flexibility index (Phi) is 6.45. The summed E-state index contributed by atoms with van der Waals surface area (Å²) in [4.78, 5) is 0. The average Bonchev–Trinajstić information content (AvgIpc) is 2.31. The summed E-state index contributed by atoms with van der Waals surface area (Å²) in [5, 5.41) is 0. The van der Waals surface area contributed by atoms with Crippen molar-refractivity contribution in [3.8, 4) is 0 Å². The summed E-state index contributed by atoms with van der Waals surface area (Å²) < 4.78 is 21.8. The maximum Gasteiger partial charge on any atom is 0.150 e. The number of hydrogen-bond donors (Lipinski definition) is 0. The minimum Gasteiger partial charge on any atom is -0.493 e. The lowest BCUT2D eigenvalue weighted by Gasteiger charge is -2.33. The van der Waals surface area contributed by atoms with Gasteiger partial charge < -0.3 is 18.9 Å². The quantitative estimate of drug-likeness (QED) is 0.624. The molecule has 0 amide bonds. The molecule has 0 aromatic carbocycles. The highest BCUT2D eigenvalue weighted by Gasteiger charge is 2.33. The normalized spacial score (nSPS) is 29.1. The van der Waals surface area contributed by atoms with Gasteiger partial charge in [0.15, 0.2) is 0 Å². The molecule has 4 nitrogen and oxygen atoms in total. The number of rotatable bonds is 7. The van der Waals surface area contributed by atoms with Crippen LogP contribution in [0.4, 0.5) is 0 Å². The molecule has 0 spiro atoms. The standard InChI is InChI=1S/C12H22O4/c1-4-5-7-16-12-10(14-3)6-8-15-11(12)9-13-2/h6,8,10-12H,4-5,7,9H2,1-3H3. The predicted octanol–water partition coefficient (Wildman–Crippen LogP) is 1.75. The molecule has 0 aromatic heterocycles. The Morgan fingerprint density at radius 3 is 2.75 bits per heavy atom. The van der Waals surface area contributed by atoms with Crippen LogP contribution in [0.5, 0.6) is 0 Å². The zero-order valence-electron chi connectivity index (χ0n) is 10.3. The van der Waals surface area contributed by atoms with Crippen LogP contribution in [0, 0.1) is 0 Å². The van der Waals surface area contributed by atoms with Crippen LogP contribution in [0.15, 0.2) is 12.3 Å². The fraction of sp³-hybridized carbons (Fsp3) is 0.833. The molecule has 0 aromatic rings. The van der Waals surface area contributed by atoms with E-state index in [2.05, 4.69) is 6.92 Å². The van der Waals surface area contributed by atoms with Crippen molar-refractivity contribution in [2.45, 2.75) is 38.1 Å². The van der Waals surface area contributed by atoms with Gasteiger partial charge in [0.25, 0.3) is 0 Å². The lowest BCUT2D eigenvalue weighted by molar-refractivity contribution is -0.127. The maximum absolute atomic E-state index is 5.81. The Balaban J connectivity index is 2.51. The van der Waals surface area contributed by atoms with Gasteiger partial charge in [0, 0.05) is 20.8 Å². The lowest BCUT2D eigenvalue weighted by Crippen LogP contribution is -2.45. The van der Waals surface area contributed by atoms with E-state index in [4.69, 9.17) is 18.9 Å². The summed E-state index contributed by atoms with van der Waals surface area (Å²) in [6, 6.07) is 0. The molecule has 0 radical (unpaired) electrons. The molecule has 3 unspecified atom stereocenters. The van der Waals surface area contributed by atoms with Crippen molar-refractivity contribution < 1.29 is 18.9 Å². The lowest BCUT2D eigenvalue weighted by atomic mass is 10.1. The van der Waals surface area contributed by atoms with Gasteiger partial charge in [-0.1, -0.05) is 13.3 Å². The molecule has 94 valence electrons. The smallest absolute Gasteiger partial charge is 0.150 e. The fourth-order valence-electron chi connectivity index (χ4n) is 1.70. The molecule has 0 N–H and O–H groups in total. The molecule has 0 bridgehead atoms. The van der Waals surface area contributed by atoms with Crippen LogP contribution in [0.3, 0.4) is 0 Å². The average molecular weight is 230 g/mol. The Bertz CT molecular complexity index is 205. The van der Waals surface area contributed by atoms with Gasteiger partial charge in [-0.05, 0) is 12.5 Å².